The van der Waals surface area contributed by atoms with E-state index in [1.54, 1.807) is 0 Å². The van der Waals surface area contributed by atoms with Crippen LogP contribution in [0.5, 0.6) is 0 Å². The van der Waals surface area contributed by atoms with Gasteiger partial charge in [0.05, 0.1) is 6.42 Å². The topological polar surface area (TPSA) is 46.3 Å². The van der Waals surface area contributed by atoms with Crippen molar-refractivity contribution in [1.29, 1.82) is 0 Å². The summed E-state index contributed by atoms with van der Waals surface area (Å²) < 4.78 is 1.02. The van der Waals surface area contributed by atoms with Crippen molar-refractivity contribution in [2.45, 2.75) is 25.8 Å². The quantitative estimate of drug-likeness (QED) is 0.846. The summed E-state index contributed by atoms with van der Waals surface area (Å²) in [6.45, 7) is 2.08. The molecule has 0 aromatic heterocycles. The lowest BCUT2D eigenvalue weighted by Crippen LogP contribution is -2.36. The van der Waals surface area contributed by atoms with Gasteiger partial charge in [0.25, 0.3) is 0 Å². The van der Waals surface area contributed by atoms with Crippen LogP contribution in [0, 0.1) is 0 Å². The van der Waals surface area contributed by atoms with Gasteiger partial charge < -0.3 is 10.6 Å². The van der Waals surface area contributed by atoms with Crippen molar-refractivity contribution in [3.63, 3.8) is 0 Å². The minimum Gasteiger partial charge on any atom is -0.399 e. The number of nitrogens with two attached hydrogens (primary N) is 1. The maximum atomic E-state index is 12.6. The van der Waals surface area contributed by atoms with E-state index in [9.17, 15) is 4.79 Å². The summed E-state index contributed by atoms with van der Waals surface area (Å²) in [4.78, 5) is 14.5. The Balaban J connectivity index is 1.83. The Labute approximate surface area is 132 Å². The molecule has 4 heteroatoms. The molecule has 1 aliphatic rings. The van der Waals surface area contributed by atoms with E-state index in [1.165, 1.54) is 0 Å². The first kappa shape index (κ1) is 14.1. The zero-order valence-corrected chi connectivity index (χ0v) is 13.4. The minimum atomic E-state index is 0.133. The maximum Gasteiger partial charge on any atom is 0.231 e. The zero-order chi connectivity index (χ0) is 15.0. The van der Waals surface area contributed by atoms with Gasteiger partial charge in [-0.1, -0.05) is 28.1 Å². The molecular formula is C17H17BrN2O. The first-order valence-corrected chi connectivity index (χ1v) is 7.79. The third kappa shape index (κ3) is 2.81. The smallest absolute Gasteiger partial charge is 0.231 e. The van der Waals surface area contributed by atoms with E-state index in [-0.39, 0.29) is 11.9 Å². The van der Waals surface area contributed by atoms with Gasteiger partial charge in [-0.15, -0.1) is 0 Å². The van der Waals surface area contributed by atoms with Crippen LogP contribution in [0.25, 0.3) is 0 Å². The number of rotatable bonds is 2. The number of nitrogens with zero attached hydrogens (tertiary/aromatic N) is 1. The lowest BCUT2D eigenvalue weighted by Gasteiger charge is -2.23. The summed E-state index contributed by atoms with van der Waals surface area (Å²) in [5, 5.41) is 0. The summed E-state index contributed by atoms with van der Waals surface area (Å²) in [5.74, 6) is 0.133. The Morgan fingerprint density at radius 2 is 2.00 bits per heavy atom. The molecular weight excluding hydrogens is 328 g/mol. The number of benzene rings is 2. The number of halogens is 1. The molecule has 1 aliphatic heterocycles. The fourth-order valence-electron chi connectivity index (χ4n) is 2.89. The molecule has 3 rings (SSSR count). The molecule has 0 saturated carbocycles. The second-order valence-electron chi connectivity index (χ2n) is 5.51. The average Bonchev–Trinajstić information content (AvgIpc) is 2.76. The molecule has 1 unspecified atom stereocenters. The summed E-state index contributed by atoms with van der Waals surface area (Å²) >= 11 is 3.41. The summed E-state index contributed by atoms with van der Waals surface area (Å²) in [6, 6.07) is 13.8. The molecule has 2 N–H and O–H groups in total. The van der Waals surface area contributed by atoms with Crippen molar-refractivity contribution in [3.8, 4) is 0 Å². The molecule has 0 fully saturated rings. The van der Waals surface area contributed by atoms with E-state index in [0.29, 0.717) is 6.42 Å². The van der Waals surface area contributed by atoms with E-state index in [2.05, 4.69) is 22.9 Å². The molecule has 0 radical (unpaired) electrons. The van der Waals surface area contributed by atoms with E-state index < -0.39 is 0 Å². The van der Waals surface area contributed by atoms with Crippen LogP contribution in [0.4, 0.5) is 11.4 Å². The minimum absolute atomic E-state index is 0.133. The van der Waals surface area contributed by atoms with Crippen molar-refractivity contribution in [3.05, 3.63) is 58.1 Å². The Hall–Kier alpha value is -1.81. The molecule has 0 bridgehead atoms. The van der Waals surface area contributed by atoms with Crippen molar-refractivity contribution in [2.24, 2.45) is 0 Å². The average molecular weight is 345 g/mol. The Morgan fingerprint density at radius 3 is 2.71 bits per heavy atom. The standard InChI is InChI=1S/C17H17BrN2O/c1-11-8-13-10-15(19)6-7-16(13)20(11)17(21)9-12-2-4-14(18)5-3-12/h2-7,10-11H,8-9,19H2,1H3. The highest BCUT2D eigenvalue weighted by Gasteiger charge is 2.30. The number of carbonyl (C=O) groups excluding carboxylic acids is 1. The number of amides is 1. The van der Waals surface area contributed by atoms with Gasteiger partial charge in [-0.2, -0.15) is 0 Å². The number of hydrogen-bond acceptors (Lipinski definition) is 2. The number of fused-ring (bicyclic) bond motifs is 1. The highest BCUT2D eigenvalue weighted by atomic mass is 79.9. The number of hydrogen-bond donors (Lipinski definition) is 1. The van der Waals surface area contributed by atoms with Gasteiger partial charge in [0.15, 0.2) is 0 Å². The summed E-state index contributed by atoms with van der Waals surface area (Å²) in [7, 11) is 0. The first-order chi connectivity index (χ1) is 10.0. The van der Waals surface area contributed by atoms with E-state index in [0.717, 1.165) is 33.4 Å². The lowest BCUT2D eigenvalue weighted by atomic mass is 10.1. The molecule has 2 aromatic rings. The van der Waals surface area contributed by atoms with Crippen molar-refractivity contribution >= 4 is 33.2 Å². The highest BCUT2D eigenvalue weighted by Crippen LogP contribution is 2.34. The van der Waals surface area contributed by atoms with Crippen molar-refractivity contribution in [2.75, 3.05) is 10.6 Å². The predicted octanol–water partition coefficient (Wildman–Crippen LogP) is 3.55. The molecule has 21 heavy (non-hydrogen) atoms. The monoisotopic (exact) mass is 344 g/mol. The van der Waals surface area contributed by atoms with Crippen LogP contribution in [0.15, 0.2) is 46.9 Å². The van der Waals surface area contributed by atoms with E-state index >= 15 is 0 Å². The largest absolute Gasteiger partial charge is 0.399 e. The Morgan fingerprint density at radius 1 is 1.29 bits per heavy atom. The van der Waals surface area contributed by atoms with Crippen LogP contribution in [0.2, 0.25) is 0 Å². The van der Waals surface area contributed by atoms with Gasteiger partial charge >= 0.3 is 0 Å². The van der Waals surface area contributed by atoms with E-state index in [1.807, 2.05) is 47.4 Å². The molecule has 1 amide bonds. The van der Waals surface area contributed by atoms with Gasteiger partial charge in [-0.3, -0.25) is 4.79 Å². The van der Waals surface area contributed by atoms with Crippen molar-refractivity contribution < 1.29 is 4.79 Å². The molecule has 0 spiro atoms. The molecule has 3 nitrogen and oxygen atoms in total. The van der Waals surface area contributed by atoms with Crippen LogP contribution in [-0.2, 0) is 17.6 Å². The Kier molecular flexibility index (Phi) is 3.72. The second kappa shape index (κ2) is 5.53. The second-order valence-corrected chi connectivity index (χ2v) is 6.42. The molecule has 0 aliphatic carbocycles. The van der Waals surface area contributed by atoms with Crippen LogP contribution in [-0.4, -0.2) is 11.9 Å². The van der Waals surface area contributed by atoms with Gasteiger partial charge in [0, 0.05) is 21.9 Å². The van der Waals surface area contributed by atoms with Crippen LogP contribution < -0.4 is 10.6 Å². The number of carbonyl (C=O) groups is 1. The lowest BCUT2D eigenvalue weighted by molar-refractivity contribution is -0.118. The fraction of sp³-hybridized carbons (Fsp3) is 0.235. The van der Waals surface area contributed by atoms with Crippen LogP contribution in [0.1, 0.15) is 18.1 Å². The fourth-order valence-corrected chi connectivity index (χ4v) is 3.16. The maximum absolute atomic E-state index is 12.6. The van der Waals surface area contributed by atoms with Gasteiger partial charge in [-0.25, -0.2) is 0 Å². The van der Waals surface area contributed by atoms with Gasteiger partial charge in [0.1, 0.15) is 0 Å². The first-order valence-electron chi connectivity index (χ1n) is 6.99. The SMILES string of the molecule is CC1Cc2cc(N)ccc2N1C(=O)Cc1ccc(Br)cc1. The normalized spacial score (nSPS) is 16.9. The van der Waals surface area contributed by atoms with Crippen LogP contribution >= 0.6 is 15.9 Å². The highest BCUT2D eigenvalue weighted by molar-refractivity contribution is 9.10. The summed E-state index contributed by atoms with van der Waals surface area (Å²) in [5.41, 5.74) is 9.77. The number of nitrogen functional groups attached to an aromatic ring is 1. The molecule has 2 aromatic carbocycles. The molecule has 0 saturated heterocycles. The zero-order valence-electron chi connectivity index (χ0n) is 11.8. The summed E-state index contributed by atoms with van der Waals surface area (Å²) in [6.07, 6.45) is 1.29. The van der Waals surface area contributed by atoms with Gasteiger partial charge in [-0.05, 0) is 54.8 Å². The third-order valence-corrected chi connectivity index (χ3v) is 4.39. The predicted molar refractivity (Wildman–Crippen MR) is 89.4 cm³/mol. The molecule has 108 valence electrons. The Bertz CT molecular complexity index is 682. The van der Waals surface area contributed by atoms with Crippen molar-refractivity contribution in [1.82, 2.24) is 0 Å². The number of anilines is 2. The third-order valence-electron chi connectivity index (χ3n) is 3.86. The van der Waals surface area contributed by atoms with E-state index in [4.69, 9.17) is 5.73 Å². The van der Waals surface area contributed by atoms with Crippen LogP contribution in [0.3, 0.4) is 0 Å². The molecule has 1 atom stereocenters. The van der Waals surface area contributed by atoms with Gasteiger partial charge in [0.2, 0.25) is 5.91 Å². The molecule has 1 heterocycles.